The van der Waals surface area contributed by atoms with Gasteiger partial charge in [0, 0.05) is 13.2 Å². The fourth-order valence-corrected chi connectivity index (χ4v) is 3.50. The average molecular weight is 543 g/mol. The van der Waals surface area contributed by atoms with E-state index in [4.69, 9.17) is 36.8 Å². The molecule has 0 aromatic rings. The number of unbranched alkanes of at least 4 members (excludes halogenated alkanes) is 11. The quantitative estimate of drug-likeness (QED) is 0.0430. The van der Waals surface area contributed by atoms with Crippen molar-refractivity contribution in [3.8, 4) is 0 Å². The Morgan fingerprint density at radius 1 is 0.889 bits per heavy atom. The first-order valence-corrected chi connectivity index (χ1v) is 14.5. The van der Waals surface area contributed by atoms with Crippen LogP contribution in [0.4, 0.5) is 0 Å². The van der Waals surface area contributed by atoms with E-state index in [1.807, 2.05) is 0 Å². The lowest BCUT2D eigenvalue weighted by Crippen LogP contribution is -2.30. The summed E-state index contributed by atoms with van der Waals surface area (Å²) in [5.41, 5.74) is 15.3. The third kappa shape index (κ3) is 32.7. The first kappa shape index (κ1) is 36.9. The van der Waals surface area contributed by atoms with Gasteiger partial charge in [-0.05, 0) is 19.3 Å². The summed E-state index contributed by atoms with van der Waals surface area (Å²) in [5.74, 6) is -0.987. The van der Waals surface area contributed by atoms with Gasteiger partial charge in [-0.25, -0.2) is 4.57 Å². The lowest BCUT2D eigenvalue weighted by Gasteiger charge is -2.12. The minimum absolute atomic E-state index is 0.0129. The van der Waals surface area contributed by atoms with Crippen LogP contribution in [0.25, 0.3) is 0 Å². The third-order valence-corrected chi connectivity index (χ3v) is 5.66. The van der Waals surface area contributed by atoms with Gasteiger partial charge in [0.15, 0.2) is 5.96 Å². The van der Waals surface area contributed by atoms with Crippen molar-refractivity contribution in [2.45, 2.75) is 109 Å². The van der Waals surface area contributed by atoms with Crippen molar-refractivity contribution in [2.75, 3.05) is 26.4 Å². The standard InChI is InChI=1S/C17H37O6P.C6H14N4O2/c1-2-3-4-5-6-7-8-9-10-11-12-13-14-22-15-17(18)16-23-24(19,20)21;7-4(5(11)12)2-1-3-10-6(8)9/h17-18H,2-16H2,1H3,(H2,19,20,21);4H,1-3,7H2,(H,11,12)(H4,8,9,10)/t;4-/m.0/s1. The van der Waals surface area contributed by atoms with E-state index in [1.54, 1.807) is 0 Å². The molecular weight excluding hydrogens is 491 g/mol. The van der Waals surface area contributed by atoms with Gasteiger partial charge in [0.1, 0.15) is 12.1 Å². The third-order valence-electron chi connectivity index (χ3n) is 5.17. The Bertz CT molecular complexity index is 588. The molecule has 10 N–H and O–H groups in total. The van der Waals surface area contributed by atoms with Gasteiger partial charge in [-0.15, -0.1) is 0 Å². The Balaban J connectivity index is 0. The number of guanidine groups is 1. The first-order chi connectivity index (χ1) is 17.0. The predicted molar refractivity (Wildman–Crippen MR) is 141 cm³/mol. The number of aliphatic hydroxyl groups is 1. The van der Waals surface area contributed by atoms with Crippen LogP contribution in [-0.4, -0.2) is 70.4 Å². The summed E-state index contributed by atoms with van der Waals surface area (Å²) in [5, 5.41) is 17.8. The van der Waals surface area contributed by atoms with Crippen LogP contribution in [0.5, 0.6) is 0 Å². The molecular formula is C23H51N4O8P. The van der Waals surface area contributed by atoms with Crippen molar-refractivity contribution >= 4 is 19.8 Å². The van der Waals surface area contributed by atoms with Crippen molar-refractivity contribution in [1.29, 1.82) is 0 Å². The smallest absolute Gasteiger partial charge is 0.469 e. The Kier molecular flexibility index (Phi) is 26.0. The molecule has 0 heterocycles. The predicted octanol–water partition coefficient (Wildman–Crippen LogP) is 2.63. The largest absolute Gasteiger partial charge is 0.480 e. The van der Waals surface area contributed by atoms with E-state index in [0.29, 0.717) is 26.0 Å². The maximum absolute atomic E-state index is 10.5. The van der Waals surface area contributed by atoms with Gasteiger partial charge in [0.25, 0.3) is 0 Å². The highest BCUT2D eigenvalue weighted by atomic mass is 31.2. The minimum atomic E-state index is -4.51. The molecule has 0 radical (unpaired) electrons. The molecule has 0 aliphatic heterocycles. The lowest BCUT2D eigenvalue weighted by molar-refractivity contribution is -0.138. The van der Waals surface area contributed by atoms with Gasteiger partial charge in [-0.3, -0.25) is 14.3 Å². The van der Waals surface area contributed by atoms with Crippen LogP contribution in [0.3, 0.4) is 0 Å². The Morgan fingerprint density at radius 2 is 1.39 bits per heavy atom. The molecule has 13 heteroatoms. The van der Waals surface area contributed by atoms with Crippen molar-refractivity contribution < 1.29 is 38.6 Å². The van der Waals surface area contributed by atoms with E-state index >= 15 is 0 Å². The number of phosphoric acid groups is 1. The van der Waals surface area contributed by atoms with Crippen LogP contribution < -0.4 is 17.2 Å². The number of carbonyl (C=O) groups is 1. The highest BCUT2D eigenvalue weighted by Gasteiger charge is 2.16. The monoisotopic (exact) mass is 542 g/mol. The van der Waals surface area contributed by atoms with Crippen LogP contribution in [-0.2, 0) is 18.6 Å². The van der Waals surface area contributed by atoms with Gasteiger partial charge in [-0.1, -0.05) is 77.6 Å². The number of nitrogens with zero attached hydrogens (tertiary/aromatic N) is 1. The molecule has 0 aliphatic carbocycles. The molecule has 0 aromatic heterocycles. The average Bonchev–Trinajstić information content (AvgIpc) is 2.80. The number of phosphoric ester groups is 1. The van der Waals surface area contributed by atoms with Crippen molar-refractivity contribution in [3.63, 3.8) is 0 Å². The van der Waals surface area contributed by atoms with Crippen LogP contribution >= 0.6 is 7.82 Å². The molecule has 0 aliphatic rings. The Morgan fingerprint density at radius 3 is 1.83 bits per heavy atom. The number of aliphatic hydroxyl groups excluding tert-OH is 1. The maximum Gasteiger partial charge on any atom is 0.469 e. The Labute approximate surface area is 216 Å². The first-order valence-electron chi connectivity index (χ1n) is 13.0. The summed E-state index contributed by atoms with van der Waals surface area (Å²) in [6.07, 6.45) is 15.3. The number of aliphatic imine (C=N–C) groups is 1. The summed E-state index contributed by atoms with van der Waals surface area (Å²) in [6, 6.07) is -0.820. The second-order valence-corrected chi connectivity index (χ2v) is 10.0. The SMILES string of the molecule is CCCCCCCCCCCCCCOCC(O)COP(=O)(O)O.NC(N)=NCCC[C@H](N)C(=O)O. The van der Waals surface area contributed by atoms with Crippen molar-refractivity contribution in [2.24, 2.45) is 22.2 Å². The molecule has 0 bridgehead atoms. The van der Waals surface area contributed by atoms with E-state index in [1.165, 1.54) is 64.2 Å². The zero-order valence-electron chi connectivity index (χ0n) is 21.9. The van der Waals surface area contributed by atoms with E-state index < -0.39 is 32.5 Å². The van der Waals surface area contributed by atoms with Crippen LogP contribution in [0.2, 0.25) is 0 Å². The summed E-state index contributed by atoms with van der Waals surface area (Å²) >= 11 is 0. The zero-order chi connectivity index (χ0) is 27.7. The minimum Gasteiger partial charge on any atom is -0.480 e. The van der Waals surface area contributed by atoms with Gasteiger partial charge >= 0.3 is 13.8 Å². The molecule has 0 fully saturated rings. The summed E-state index contributed by atoms with van der Waals surface area (Å²) in [6.45, 7) is 2.85. The fraction of sp³-hybridized carbons (Fsp3) is 0.913. The highest BCUT2D eigenvalue weighted by molar-refractivity contribution is 7.46. The highest BCUT2D eigenvalue weighted by Crippen LogP contribution is 2.35. The van der Waals surface area contributed by atoms with Crippen LogP contribution in [0.1, 0.15) is 96.8 Å². The fourth-order valence-electron chi connectivity index (χ4n) is 3.14. The maximum atomic E-state index is 10.5. The van der Waals surface area contributed by atoms with Gasteiger partial charge in [-0.2, -0.15) is 0 Å². The van der Waals surface area contributed by atoms with E-state index in [9.17, 15) is 14.5 Å². The lowest BCUT2D eigenvalue weighted by atomic mass is 10.1. The number of nitrogens with two attached hydrogens (primary N) is 3. The van der Waals surface area contributed by atoms with E-state index in [0.717, 1.165) is 12.8 Å². The van der Waals surface area contributed by atoms with Gasteiger partial charge < -0.3 is 41.9 Å². The second kappa shape index (κ2) is 25.4. The normalized spacial score (nSPS) is 12.9. The van der Waals surface area contributed by atoms with Gasteiger partial charge in [0.2, 0.25) is 0 Å². The molecule has 1 unspecified atom stereocenters. The molecule has 0 spiro atoms. The number of aliphatic carboxylic acids is 1. The number of rotatable bonds is 23. The summed E-state index contributed by atoms with van der Waals surface area (Å²) < 4.78 is 19.9. The van der Waals surface area contributed by atoms with Crippen LogP contribution in [0.15, 0.2) is 4.99 Å². The van der Waals surface area contributed by atoms with Crippen LogP contribution in [0, 0.1) is 0 Å². The van der Waals surface area contributed by atoms with Gasteiger partial charge in [0.05, 0.1) is 13.2 Å². The second-order valence-electron chi connectivity index (χ2n) is 8.80. The molecule has 0 amide bonds. The molecule has 2 atom stereocenters. The van der Waals surface area contributed by atoms with E-state index in [-0.39, 0.29) is 12.6 Å². The summed E-state index contributed by atoms with van der Waals surface area (Å²) in [4.78, 5) is 30.9. The molecule has 36 heavy (non-hydrogen) atoms. The number of hydrogen-bond donors (Lipinski definition) is 7. The topological polar surface area (TPSA) is 224 Å². The summed E-state index contributed by atoms with van der Waals surface area (Å²) in [7, 11) is -4.51. The number of hydrogen-bond acceptors (Lipinski definition) is 7. The zero-order valence-corrected chi connectivity index (χ0v) is 22.8. The van der Waals surface area contributed by atoms with Crippen molar-refractivity contribution in [1.82, 2.24) is 0 Å². The molecule has 0 saturated carbocycles. The molecule has 0 rings (SSSR count). The molecule has 0 saturated heterocycles. The number of carboxylic acids is 1. The Hall–Kier alpha value is -1.27. The molecule has 216 valence electrons. The number of ether oxygens (including phenoxy) is 1. The molecule has 12 nitrogen and oxygen atoms in total. The molecule has 0 aromatic carbocycles. The van der Waals surface area contributed by atoms with E-state index in [2.05, 4.69) is 16.4 Å². The number of carboxylic acid groups (broad SMARTS) is 1. The van der Waals surface area contributed by atoms with Crippen molar-refractivity contribution in [3.05, 3.63) is 0 Å².